The summed E-state index contributed by atoms with van der Waals surface area (Å²) in [5.74, 6) is -0.239. The van der Waals surface area contributed by atoms with Crippen molar-refractivity contribution in [3.8, 4) is 0 Å². The number of hydrogen-bond donors (Lipinski definition) is 2. The first kappa shape index (κ1) is 11.9. The van der Waals surface area contributed by atoms with Crippen LogP contribution in [-0.4, -0.2) is 19.0 Å². The summed E-state index contributed by atoms with van der Waals surface area (Å²) in [5.41, 5.74) is 1.89. The zero-order valence-corrected chi connectivity index (χ0v) is 10.1. The van der Waals surface area contributed by atoms with Gasteiger partial charge in [0.1, 0.15) is 5.82 Å². The summed E-state index contributed by atoms with van der Waals surface area (Å²) in [5, 5.41) is 6.06. The minimum Gasteiger partial charge on any atom is -0.384 e. The van der Waals surface area contributed by atoms with Crippen LogP contribution >= 0.6 is 0 Å². The van der Waals surface area contributed by atoms with E-state index in [4.69, 9.17) is 0 Å². The van der Waals surface area contributed by atoms with Crippen molar-refractivity contribution in [3.05, 3.63) is 29.6 Å². The van der Waals surface area contributed by atoms with E-state index in [0.29, 0.717) is 6.54 Å². The molecule has 0 saturated carbocycles. The van der Waals surface area contributed by atoms with Crippen LogP contribution in [0.5, 0.6) is 0 Å². The Morgan fingerprint density at radius 3 is 3.06 bits per heavy atom. The second-order valence-electron chi connectivity index (χ2n) is 4.84. The van der Waals surface area contributed by atoms with E-state index in [1.54, 1.807) is 12.1 Å². The van der Waals surface area contributed by atoms with Gasteiger partial charge >= 0.3 is 0 Å². The van der Waals surface area contributed by atoms with Gasteiger partial charge in [0.25, 0.3) is 0 Å². The Bertz CT molecular complexity index is 447. The third-order valence-electron chi connectivity index (χ3n) is 3.35. The molecule has 1 heterocycles. The largest absolute Gasteiger partial charge is 0.384 e. The first-order valence-corrected chi connectivity index (χ1v) is 5.80. The topological polar surface area (TPSA) is 41.1 Å². The summed E-state index contributed by atoms with van der Waals surface area (Å²) >= 11 is 0. The van der Waals surface area contributed by atoms with Crippen LogP contribution in [0.1, 0.15) is 25.8 Å². The summed E-state index contributed by atoms with van der Waals surface area (Å²) in [7, 11) is 0. The molecule has 0 aromatic heterocycles. The first-order valence-electron chi connectivity index (χ1n) is 5.80. The smallest absolute Gasteiger partial charge is 0.216 e. The predicted octanol–water partition coefficient (Wildman–Crippen LogP) is 2.04. The maximum atomic E-state index is 13.3. The number of hydrogen-bond acceptors (Lipinski definition) is 2. The molecule has 0 bridgehead atoms. The van der Waals surface area contributed by atoms with Crippen molar-refractivity contribution < 1.29 is 9.18 Å². The Morgan fingerprint density at radius 1 is 1.59 bits per heavy atom. The fourth-order valence-corrected chi connectivity index (χ4v) is 2.29. The third kappa shape index (κ3) is 2.40. The van der Waals surface area contributed by atoms with Gasteiger partial charge in [0.15, 0.2) is 0 Å². The van der Waals surface area contributed by atoms with Gasteiger partial charge in [0, 0.05) is 31.1 Å². The molecule has 0 radical (unpaired) electrons. The molecule has 1 amide bonds. The van der Waals surface area contributed by atoms with Crippen LogP contribution in [0.4, 0.5) is 10.1 Å². The van der Waals surface area contributed by atoms with Crippen molar-refractivity contribution in [1.29, 1.82) is 0 Å². The Balaban J connectivity index is 2.13. The van der Waals surface area contributed by atoms with E-state index in [1.807, 2.05) is 0 Å². The number of carbonyl (C=O) groups excluding carboxylic acids is 1. The zero-order valence-electron chi connectivity index (χ0n) is 10.1. The lowest BCUT2D eigenvalue weighted by molar-refractivity contribution is -0.119. The predicted molar refractivity (Wildman–Crippen MR) is 65.5 cm³/mol. The molecule has 3 nitrogen and oxygen atoms in total. The summed E-state index contributed by atoms with van der Waals surface area (Å²) in [6, 6.07) is 4.82. The van der Waals surface area contributed by atoms with E-state index >= 15 is 0 Å². The number of rotatable bonds is 3. The van der Waals surface area contributed by atoms with Gasteiger partial charge in [-0.3, -0.25) is 4.79 Å². The molecule has 0 fully saturated rings. The molecule has 1 aromatic carbocycles. The van der Waals surface area contributed by atoms with Crippen molar-refractivity contribution in [2.45, 2.75) is 25.7 Å². The standard InChI is InChI=1S/C13H17FN2O/c1-9(17)15-6-5-13(2)8-16-12-4-3-10(14)7-11(12)13/h3-4,7,16H,5-6,8H2,1-2H3,(H,15,17). The molecule has 0 spiro atoms. The molecule has 4 heteroatoms. The SMILES string of the molecule is CC(=O)NCCC1(C)CNc2ccc(F)cc21. The molecule has 92 valence electrons. The molecule has 2 rings (SSSR count). The summed E-state index contributed by atoms with van der Waals surface area (Å²) in [6.07, 6.45) is 0.802. The summed E-state index contributed by atoms with van der Waals surface area (Å²) in [6.45, 7) is 4.99. The van der Waals surface area contributed by atoms with E-state index in [-0.39, 0.29) is 17.1 Å². The van der Waals surface area contributed by atoms with Crippen molar-refractivity contribution in [2.75, 3.05) is 18.4 Å². The Labute approximate surface area is 100 Å². The van der Waals surface area contributed by atoms with Crippen molar-refractivity contribution in [1.82, 2.24) is 5.32 Å². The van der Waals surface area contributed by atoms with Gasteiger partial charge in [-0.25, -0.2) is 4.39 Å². The van der Waals surface area contributed by atoms with E-state index in [0.717, 1.165) is 24.2 Å². The van der Waals surface area contributed by atoms with Crippen LogP contribution in [-0.2, 0) is 10.2 Å². The summed E-state index contributed by atoms with van der Waals surface area (Å²) < 4.78 is 13.3. The van der Waals surface area contributed by atoms with Gasteiger partial charge in [-0.1, -0.05) is 6.92 Å². The van der Waals surface area contributed by atoms with Gasteiger partial charge in [-0.15, -0.1) is 0 Å². The third-order valence-corrected chi connectivity index (χ3v) is 3.35. The molecule has 17 heavy (non-hydrogen) atoms. The monoisotopic (exact) mass is 236 g/mol. The van der Waals surface area contributed by atoms with E-state index in [1.165, 1.54) is 13.0 Å². The highest BCUT2D eigenvalue weighted by molar-refractivity contribution is 5.72. The Kier molecular flexibility index (Phi) is 3.05. The molecule has 1 aliphatic heterocycles. The normalized spacial score (nSPS) is 21.8. The lowest BCUT2D eigenvalue weighted by atomic mass is 9.81. The van der Waals surface area contributed by atoms with Crippen LogP contribution in [0.3, 0.4) is 0 Å². The molecule has 2 N–H and O–H groups in total. The fraction of sp³-hybridized carbons (Fsp3) is 0.462. The number of amides is 1. The molecule has 1 aliphatic rings. The number of nitrogens with one attached hydrogen (secondary N) is 2. The highest BCUT2D eigenvalue weighted by Gasteiger charge is 2.34. The number of fused-ring (bicyclic) bond motifs is 1. The maximum absolute atomic E-state index is 13.3. The number of halogens is 1. The fourth-order valence-electron chi connectivity index (χ4n) is 2.29. The van der Waals surface area contributed by atoms with Gasteiger partial charge < -0.3 is 10.6 Å². The lowest BCUT2D eigenvalue weighted by Gasteiger charge is -2.24. The molecule has 1 atom stereocenters. The van der Waals surface area contributed by atoms with Crippen LogP contribution in [0, 0.1) is 5.82 Å². The van der Waals surface area contributed by atoms with Crippen LogP contribution < -0.4 is 10.6 Å². The molecule has 1 aromatic rings. The lowest BCUT2D eigenvalue weighted by Crippen LogP contribution is -2.31. The minimum absolute atomic E-state index is 0.0287. The minimum atomic E-state index is -0.210. The van der Waals surface area contributed by atoms with Gasteiger partial charge in [-0.2, -0.15) is 0 Å². The average molecular weight is 236 g/mol. The van der Waals surface area contributed by atoms with Crippen LogP contribution in [0.25, 0.3) is 0 Å². The second kappa shape index (κ2) is 4.35. The maximum Gasteiger partial charge on any atom is 0.216 e. The van der Waals surface area contributed by atoms with E-state index in [2.05, 4.69) is 17.6 Å². The van der Waals surface area contributed by atoms with Crippen molar-refractivity contribution in [3.63, 3.8) is 0 Å². The zero-order chi connectivity index (χ0) is 12.5. The molecule has 0 aliphatic carbocycles. The highest BCUT2D eigenvalue weighted by atomic mass is 19.1. The number of carbonyl (C=O) groups is 1. The number of benzene rings is 1. The van der Waals surface area contributed by atoms with Gasteiger partial charge in [0.05, 0.1) is 0 Å². The molecular weight excluding hydrogens is 219 g/mol. The highest BCUT2D eigenvalue weighted by Crippen LogP contribution is 2.38. The van der Waals surface area contributed by atoms with Crippen LogP contribution in [0.15, 0.2) is 18.2 Å². The van der Waals surface area contributed by atoms with Gasteiger partial charge in [0.2, 0.25) is 5.91 Å². The molecule has 0 saturated heterocycles. The quantitative estimate of drug-likeness (QED) is 0.843. The second-order valence-corrected chi connectivity index (χ2v) is 4.84. The van der Waals surface area contributed by atoms with Crippen LogP contribution in [0.2, 0.25) is 0 Å². The Hall–Kier alpha value is -1.58. The van der Waals surface area contributed by atoms with Gasteiger partial charge in [-0.05, 0) is 30.2 Å². The van der Waals surface area contributed by atoms with Crippen molar-refractivity contribution in [2.24, 2.45) is 0 Å². The summed E-state index contributed by atoms with van der Waals surface area (Å²) in [4.78, 5) is 10.8. The first-order chi connectivity index (χ1) is 8.01. The number of anilines is 1. The molecule has 1 unspecified atom stereocenters. The Morgan fingerprint density at radius 2 is 2.35 bits per heavy atom. The van der Waals surface area contributed by atoms with E-state index in [9.17, 15) is 9.18 Å². The average Bonchev–Trinajstić information content (AvgIpc) is 2.56. The van der Waals surface area contributed by atoms with Crippen molar-refractivity contribution >= 4 is 11.6 Å². The van der Waals surface area contributed by atoms with E-state index < -0.39 is 0 Å². The molecular formula is C13H17FN2O.